The van der Waals surface area contributed by atoms with Crippen LogP contribution in [0.5, 0.6) is 0 Å². The predicted molar refractivity (Wildman–Crippen MR) is 96.5 cm³/mol. The maximum absolute atomic E-state index is 12.6. The van der Waals surface area contributed by atoms with Gasteiger partial charge in [0.2, 0.25) is 0 Å². The van der Waals surface area contributed by atoms with E-state index in [-0.39, 0.29) is 17.9 Å². The molecule has 2 aromatic rings. The number of aliphatic hydroxyl groups is 1. The van der Waals surface area contributed by atoms with Crippen LogP contribution in [0.2, 0.25) is 5.02 Å². The van der Waals surface area contributed by atoms with E-state index in [9.17, 15) is 24.6 Å². The number of hydrogen-bond donors (Lipinski definition) is 1. The van der Waals surface area contributed by atoms with E-state index in [1.807, 2.05) is 0 Å². The van der Waals surface area contributed by atoms with Gasteiger partial charge in [0, 0.05) is 29.5 Å². The Labute approximate surface area is 160 Å². The van der Waals surface area contributed by atoms with Crippen molar-refractivity contribution in [3.8, 4) is 0 Å². The second-order valence-electron chi connectivity index (χ2n) is 6.03. The minimum absolute atomic E-state index is 0.0909. The highest BCUT2D eigenvalue weighted by Crippen LogP contribution is 2.39. The summed E-state index contributed by atoms with van der Waals surface area (Å²) in [6.07, 6.45) is -0.419. The highest BCUT2D eigenvalue weighted by atomic mass is 35.5. The molecule has 27 heavy (non-hydrogen) atoms. The van der Waals surface area contributed by atoms with Gasteiger partial charge in [-0.05, 0) is 29.8 Å². The summed E-state index contributed by atoms with van der Waals surface area (Å²) < 4.78 is 0. The Morgan fingerprint density at radius 3 is 2.30 bits per heavy atom. The molecule has 1 aliphatic heterocycles. The molecule has 2 aromatic carbocycles. The Morgan fingerprint density at radius 2 is 1.70 bits per heavy atom. The lowest BCUT2D eigenvalue weighted by atomic mass is 9.95. The number of carboxylic acid groups (broad SMARTS) is 1. The third-order valence-electron chi connectivity index (χ3n) is 4.33. The van der Waals surface area contributed by atoms with Crippen LogP contribution in [-0.2, 0) is 14.4 Å². The molecule has 0 bridgehead atoms. The van der Waals surface area contributed by atoms with Gasteiger partial charge in [-0.3, -0.25) is 9.59 Å². The number of likely N-dealkylation sites (tertiary alicyclic amines) is 1. The van der Waals surface area contributed by atoms with Crippen LogP contribution >= 0.6 is 11.6 Å². The van der Waals surface area contributed by atoms with Gasteiger partial charge in [-0.2, -0.15) is 0 Å². The fraction of sp³-hybridized carbons (Fsp3) is 0.150. The lowest BCUT2D eigenvalue weighted by Crippen LogP contribution is -2.34. The second-order valence-corrected chi connectivity index (χ2v) is 6.47. The number of carboxylic acids is 1. The molecule has 0 radical (unpaired) electrons. The Kier molecular flexibility index (Phi) is 5.28. The molecule has 138 valence electrons. The van der Waals surface area contributed by atoms with Crippen molar-refractivity contribution in [3.63, 3.8) is 0 Å². The first kappa shape index (κ1) is 18.7. The summed E-state index contributed by atoms with van der Waals surface area (Å²) in [6.45, 7) is -0.204. The molecule has 1 atom stereocenters. The number of carbonyl (C=O) groups is 3. The summed E-state index contributed by atoms with van der Waals surface area (Å²) in [5, 5.41) is 22.0. The summed E-state index contributed by atoms with van der Waals surface area (Å²) in [7, 11) is 0. The smallest absolute Gasteiger partial charge is 0.295 e. The van der Waals surface area contributed by atoms with Gasteiger partial charge in [-0.1, -0.05) is 41.9 Å². The van der Waals surface area contributed by atoms with Gasteiger partial charge in [0.1, 0.15) is 5.76 Å². The molecule has 0 aromatic heterocycles. The van der Waals surface area contributed by atoms with E-state index >= 15 is 0 Å². The van der Waals surface area contributed by atoms with Crippen molar-refractivity contribution in [1.29, 1.82) is 0 Å². The minimum Gasteiger partial charge on any atom is -0.550 e. The third kappa shape index (κ3) is 3.71. The SMILES string of the molecule is O=C([O-])CCN1C(=O)C(=O)C(=C(O)c2ccc(Cl)cc2)[C@@H]1c1ccccc1. The predicted octanol–water partition coefficient (Wildman–Crippen LogP) is 1.90. The van der Waals surface area contributed by atoms with E-state index in [0.29, 0.717) is 16.1 Å². The summed E-state index contributed by atoms with van der Waals surface area (Å²) in [5.74, 6) is -3.40. The lowest BCUT2D eigenvalue weighted by Gasteiger charge is -2.25. The third-order valence-corrected chi connectivity index (χ3v) is 4.58. The summed E-state index contributed by atoms with van der Waals surface area (Å²) in [6, 6.07) is 13.9. The van der Waals surface area contributed by atoms with Crippen LogP contribution < -0.4 is 5.11 Å². The number of carbonyl (C=O) groups excluding carboxylic acids is 3. The number of halogens is 1. The maximum Gasteiger partial charge on any atom is 0.295 e. The number of aliphatic carboxylic acids is 1. The van der Waals surface area contributed by atoms with Crippen molar-refractivity contribution in [2.24, 2.45) is 0 Å². The normalized spacial score (nSPS) is 18.7. The van der Waals surface area contributed by atoms with Gasteiger partial charge in [-0.15, -0.1) is 0 Å². The Morgan fingerprint density at radius 1 is 1.07 bits per heavy atom. The van der Waals surface area contributed by atoms with Crippen LogP contribution in [0, 0.1) is 0 Å². The van der Waals surface area contributed by atoms with Gasteiger partial charge in [0.15, 0.2) is 0 Å². The zero-order chi connectivity index (χ0) is 19.6. The zero-order valence-electron chi connectivity index (χ0n) is 14.1. The first-order valence-corrected chi connectivity index (χ1v) is 8.57. The molecular formula is C20H15ClNO5-. The van der Waals surface area contributed by atoms with Gasteiger partial charge in [-0.25, -0.2) is 0 Å². The molecule has 7 heteroatoms. The highest BCUT2D eigenvalue weighted by Gasteiger charge is 2.45. The number of benzene rings is 2. The molecule has 6 nitrogen and oxygen atoms in total. The van der Waals surface area contributed by atoms with Crippen molar-refractivity contribution in [1.82, 2.24) is 4.90 Å². The van der Waals surface area contributed by atoms with Crippen molar-refractivity contribution in [2.75, 3.05) is 6.54 Å². The van der Waals surface area contributed by atoms with Crippen molar-refractivity contribution in [3.05, 3.63) is 76.3 Å². The van der Waals surface area contributed by atoms with Crippen LogP contribution in [0.3, 0.4) is 0 Å². The lowest BCUT2D eigenvalue weighted by molar-refractivity contribution is -0.305. The summed E-state index contributed by atoms with van der Waals surface area (Å²) >= 11 is 5.86. The van der Waals surface area contributed by atoms with Crippen LogP contribution in [0.1, 0.15) is 23.6 Å². The number of ketones is 1. The van der Waals surface area contributed by atoms with Crippen molar-refractivity contribution >= 4 is 35.0 Å². The number of amides is 1. The molecule has 0 unspecified atom stereocenters. The number of nitrogens with zero attached hydrogens (tertiary/aromatic N) is 1. The van der Waals surface area contributed by atoms with Crippen LogP contribution in [-0.4, -0.2) is 34.2 Å². The molecule has 1 heterocycles. The van der Waals surface area contributed by atoms with Gasteiger partial charge in [0.05, 0.1) is 11.6 Å². The fourth-order valence-corrected chi connectivity index (χ4v) is 3.19. The van der Waals surface area contributed by atoms with E-state index in [4.69, 9.17) is 11.6 Å². The first-order chi connectivity index (χ1) is 12.9. The van der Waals surface area contributed by atoms with Crippen molar-refractivity contribution < 1.29 is 24.6 Å². The molecule has 0 saturated carbocycles. The van der Waals surface area contributed by atoms with Crippen LogP contribution in [0.4, 0.5) is 0 Å². The monoisotopic (exact) mass is 384 g/mol. The maximum atomic E-state index is 12.6. The zero-order valence-corrected chi connectivity index (χ0v) is 14.8. The molecular weight excluding hydrogens is 370 g/mol. The Bertz CT molecular complexity index is 921. The van der Waals surface area contributed by atoms with Crippen molar-refractivity contribution in [2.45, 2.75) is 12.5 Å². The number of Topliss-reactive ketones (excluding diaryl/α,β-unsaturated/α-hetero) is 1. The summed E-state index contributed by atoms with van der Waals surface area (Å²) in [5.41, 5.74) is 0.829. The summed E-state index contributed by atoms with van der Waals surface area (Å²) in [4.78, 5) is 37.1. The van der Waals surface area contributed by atoms with E-state index in [2.05, 4.69) is 0 Å². The quantitative estimate of drug-likeness (QED) is 0.482. The minimum atomic E-state index is -1.33. The van der Waals surface area contributed by atoms with Gasteiger partial charge in [0.25, 0.3) is 11.7 Å². The average molecular weight is 385 g/mol. The first-order valence-electron chi connectivity index (χ1n) is 8.19. The topological polar surface area (TPSA) is 97.7 Å². The molecule has 0 aliphatic carbocycles. The van der Waals surface area contributed by atoms with Crippen LogP contribution in [0.15, 0.2) is 60.2 Å². The van der Waals surface area contributed by atoms with E-state index in [1.54, 1.807) is 42.5 Å². The van der Waals surface area contributed by atoms with Crippen LogP contribution in [0.25, 0.3) is 5.76 Å². The van der Waals surface area contributed by atoms with Gasteiger partial charge < -0.3 is 19.9 Å². The number of hydrogen-bond acceptors (Lipinski definition) is 5. The second kappa shape index (κ2) is 7.63. The number of rotatable bonds is 5. The highest BCUT2D eigenvalue weighted by molar-refractivity contribution is 6.46. The Balaban J connectivity index is 2.13. The average Bonchev–Trinajstić information content (AvgIpc) is 2.91. The largest absolute Gasteiger partial charge is 0.550 e. The molecule has 1 amide bonds. The molecule has 3 rings (SSSR count). The molecule has 1 saturated heterocycles. The molecule has 1 fully saturated rings. The molecule has 1 N–H and O–H groups in total. The van der Waals surface area contributed by atoms with E-state index < -0.39 is 30.1 Å². The molecule has 1 aliphatic rings. The fourth-order valence-electron chi connectivity index (χ4n) is 3.07. The standard InChI is InChI=1S/C20H16ClNO5/c21-14-8-6-13(7-9-14)18(25)16-17(12-4-2-1-3-5-12)22(11-10-15(23)24)20(27)19(16)26/h1-9,17,25H,10-11H2,(H,23,24)/p-1/t17-/m0/s1. The van der Waals surface area contributed by atoms with Gasteiger partial charge >= 0.3 is 0 Å². The Hall–Kier alpha value is -3.12. The van der Waals surface area contributed by atoms with E-state index in [1.165, 1.54) is 12.1 Å². The molecule has 0 spiro atoms. The number of aliphatic hydroxyl groups excluding tert-OH is 1. The van der Waals surface area contributed by atoms with E-state index in [0.717, 1.165) is 4.90 Å².